The number of amides is 1. The lowest BCUT2D eigenvalue weighted by Crippen LogP contribution is -2.39. The van der Waals surface area contributed by atoms with Crippen molar-refractivity contribution in [3.05, 3.63) is 130 Å². The van der Waals surface area contributed by atoms with Crippen molar-refractivity contribution in [1.82, 2.24) is 15.2 Å². The molecular weight excluding hydrogens is 616 g/mol. The molecule has 5 aromatic rings. The topological polar surface area (TPSA) is 127 Å². The number of aromatic amines is 1. The number of aliphatic hydroxyl groups excluding tert-OH is 1. The van der Waals surface area contributed by atoms with Crippen LogP contribution < -0.4 is 16.2 Å². The summed E-state index contributed by atoms with van der Waals surface area (Å²) in [5, 5.41) is 27.7. The summed E-state index contributed by atoms with van der Waals surface area (Å²) in [4.78, 5) is 29.5. The number of benzene rings is 4. The van der Waals surface area contributed by atoms with Crippen molar-refractivity contribution in [2.24, 2.45) is 0 Å². The molecule has 4 aromatic carbocycles. The van der Waals surface area contributed by atoms with Gasteiger partial charge in [0.1, 0.15) is 11.9 Å². The standard InChI is InChI=1S/C40H44N4O5/c45-36-18-16-33(34-17-19-38(47)43-39(34)36)37(46)27-41-23-20-29-14-12-28(13-15-29)7-6-24-44-25-21-31(22-26-44)49-40(48)42-35-11-5-4-10-32(35)30-8-2-1-3-9-30/h1-5,8-19,31,37,41,45-46H,6-7,20-27H2,(H,42,48)(H,43,47)/t37-/m1/s1. The molecule has 9 heteroatoms. The maximum atomic E-state index is 12.7. The summed E-state index contributed by atoms with van der Waals surface area (Å²) in [6, 6.07) is 32.7. The number of phenolic OH excluding ortho intramolecular Hbond substituents is 1. The molecule has 1 saturated heterocycles. The van der Waals surface area contributed by atoms with Crippen LogP contribution in [0.15, 0.2) is 108 Å². The summed E-state index contributed by atoms with van der Waals surface area (Å²) in [6.45, 7) is 3.93. The number of hydrogen-bond donors (Lipinski definition) is 5. The van der Waals surface area contributed by atoms with Crippen molar-refractivity contribution in [1.29, 1.82) is 0 Å². The first-order chi connectivity index (χ1) is 23.9. The molecule has 1 fully saturated rings. The third kappa shape index (κ3) is 9.14. The minimum atomic E-state index is -0.775. The fraction of sp³-hybridized carbons (Fsp3) is 0.300. The number of para-hydroxylation sites is 1. The molecule has 49 heavy (non-hydrogen) atoms. The molecule has 0 spiro atoms. The maximum Gasteiger partial charge on any atom is 0.411 e. The number of carbonyl (C=O) groups is 1. The minimum Gasteiger partial charge on any atom is -0.506 e. The van der Waals surface area contributed by atoms with Crippen molar-refractivity contribution in [3.8, 4) is 16.9 Å². The lowest BCUT2D eigenvalue weighted by atomic mass is 10.0. The van der Waals surface area contributed by atoms with Gasteiger partial charge in [0.05, 0.1) is 17.3 Å². The van der Waals surface area contributed by atoms with Gasteiger partial charge in [0, 0.05) is 36.7 Å². The summed E-state index contributed by atoms with van der Waals surface area (Å²) in [6.07, 6.45) is 3.33. The highest BCUT2D eigenvalue weighted by molar-refractivity contribution is 5.91. The van der Waals surface area contributed by atoms with Crippen molar-refractivity contribution < 1.29 is 19.7 Å². The molecule has 9 nitrogen and oxygen atoms in total. The molecule has 0 aliphatic carbocycles. The van der Waals surface area contributed by atoms with E-state index in [1.165, 1.54) is 23.3 Å². The molecule has 2 heterocycles. The summed E-state index contributed by atoms with van der Waals surface area (Å²) < 4.78 is 5.80. The molecule has 1 amide bonds. The van der Waals surface area contributed by atoms with Crippen molar-refractivity contribution in [2.75, 3.05) is 38.0 Å². The number of ether oxygens (including phenoxy) is 1. The molecule has 0 bridgehead atoms. The number of nitrogens with zero attached hydrogens (tertiary/aromatic N) is 1. The van der Waals surface area contributed by atoms with E-state index < -0.39 is 12.2 Å². The van der Waals surface area contributed by atoms with E-state index in [0.29, 0.717) is 29.6 Å². The number of rotatable bonds is 13. The zero-order chi connectivity index (χ0) is 34.0. The molecule has 5 N–H and O–H groups in total. The second-order valence-electron chi connectivity index (χ2n) is 12.7. The number of H-pyrrole nitrogens is 1. The Morgan fingerprint density at radius 2 is 1.59 bits per heavy atom. The first-order valence-electron chi connectivity index (χ1n) is 17.1. The highest BCUT2D eigenvalue weighted by Gasteiger charge is 2.22. The van der Waals surface area contributed by atoms with Crippen LogP contribution in [0.5, 0.6) is 5.75 Å². The van der Waals surface area contributed by atoms with Gasteiger partial charge in [0.25, 0.3) is 0 Å². The minimum absolute atomic E-state index is 0.0181. The van der Waals surface area contributed by atoms with E-state index in [2.05, 4.69) is 44.8 Å². The van der Waals surface area contributed by atoms with Crippen LogP contribution in [0, 0.1) is 0 Å². The fourth-order valence-electron chi connectivity index (χ4n) is 6.51. The Morgan fingerprint density at radius 1 is 0.878 bits per heavy atom. The average Bonchev–Trinajstić information content (AvgIpc) is 3.12. The van der Waals surface area contributed by atoms with Crippen LogP contribution in [0.25, 0.3) is 22.0 Å². The zero-order valence-electron chi connectivity index (χ0n) is 27.6. The Bertz CT molecular complexity index is 1890. The van der Waals surface area contributed by atoms with Gasteiger partial charge in [-0.2, -0.15) is 0 Å². The summed E-state index contributed by atoms with van der Waals surface area (Å²) in [5.41, 5.74) is 6.00. The number of phenols is 1. The van der Waals surface area contributed by atoms with Crippen LogP contribution in [0.2, 0.25) is 0 Å². The Morgan fingerprint density at radius 3 is 2.37 bits per heavy atom. The number of likely N-dealkylation sites (tertiary alicyclic amines) is 1. The van der Waals surface area contributed by atoms with E-state index in [0.717, 1.165) is 68.6 Å². The molecule has 254 valence electrons. The number of piperidine rings is 1. The van der Waals surface area contributed by atoms with Crippen molar-refractivity contribution >= 4 is 22.7 Å². The summed E-state index contributed by atoms with van der Waals surface area (Å²) in [7, 11) is 0. The number of hydrogen-bond acceptors (Lipinski definition) is 7. The van der Waals surface area contributed by atoms with Crippen LogP contribution >= 0.6 is 0 Å². The smallest absolute Gasteiger partial charge is 0.411 e. The molecule has 0 unspecified atom stereocenters. The first-order valence-corrected chi connectivity index (χ1v) is 17.1. The molecule has 6 rings (SSSR count). The SMILES string of the molecule is O=C(Nc1ccccc1-c1ccccc1)OC1CCN(CCCc2ccc(CCNC[C@@H](O)c3ccc(O)c4[nH]c(=O)ccc34)cc2)CC1. The lowest BCUT2D eigenvalue weighted by Gasteiger charge is -2.31. The van der Waals surface area contributed by atoms with E-state index in [4.69, 9.17) is 4.74 Å². The van der Waals surface area contributed by atoms with E-state index in [-0.39, 0.29) is 17.4 Å². The zero-order valence-corrected chi connectivity index (χ0v) is 27.6. The quantitative estimate of drug-likeness (QED) is 0.0924. The van der Waals surface area contributed by atoms with Crippen LogP contribution in [0.4, 0.5) is 10.5 Å². The molecule has 1 aliphatic heterocycles. The van der Waals surface area contributed by atoms with Gasteiger partial charge in [-0.3, -0.25) is 10.1 Å². The van der Waals surface area contributed by atoms with E-state index in [1.54, 1.807) is 12.1 Å². The number of aromatic nitrogens is 1. The average molecular weight is 661 g/mol. The number of carbonyl (C=O) groups excluding carboxylic acids is 1. The predicted octanol–water partition coefficient (Wildman–Crippen LogP) is 6.41. The number of fused-ring (bicyclic) bond motifs is 1. The second-order valence-corrected chi connectivity index (χ2v) is 12.7. The third-order valence-electron chi connectivity index (χ3n) is 9.21. The first kappa shape index (κ1) is 33.9. The molecular formula is C40H44N4O5. The second kappa shape index (κ2) is 16.4. The lowest BCUT2D eigenvalue weighted by molar-refractivity contribution is 0.0587. The van der Waals surface area contributed by atoms with Crippen molar-refractivity contribution in [3.63, 3.8) is 0 Å². The Labute approximate surface area is 286 Å². The van der Waals surface area contributed by atoms with E-state index >= 15 is 0 Å². The normalized spacial score (nSPS) is 14.5. The number of aryl methyl sites for hydroxylation is 1. The van der Waals surface area contributed by atoms with Gasteiger partial charge in [-0.25, -0.2) is 4.79 Å². The maximum absolute atomic E-state index is 12.7. The molecule has 1 aromatic heterocycles. The highest BCUT2D eigenvalue weighted by atomic mass is 16.6. The van der Waals surface area contributed by atoms with Gasteiger partial charge in [0.15, 0.2) is 0 Å². The van der Waals surface area contributed by atoms with Gasteiger partial charge >= 0.3 is 6.09 Å². The number of anilines is 1. The predicted molar refractivity (Wildman–Crippen MR) is 194 cm³/mol. The molecule has 1 aliphatic rings. The molecule has 0 saturated carbocycles. The monoisotopic (exact) mass is 660 g/mol. The summed E-state index contributed by atoms with van der Waals surface area (Å²) in [5.74, 6) is -0.0181. The number of aromatic hydroxyl groups is 1. The van der Waals surface area contributed by atoms with E-state index in [1.807, 2.05) is 54.6 Å². The third-order valence-corrected chi connectivity index (χ3v) is 9.21. The fourth-order valence-corrected chi connectivity index (χ4v) is 6.51. The van der Waals surface area contributed by atoms with Crippen molar-refractivity contribution in [2.45, 2.75) is 44.3 Å². The highest BCUT2D eigenvalue weighted by Crippen LogP contribution is 2.29. The Kier molecular flexibility index (Phi) is 11.4. The number of nitrogens with one attached hydrogen (secondary N) is 3. The van der Waals surface area contributed by atoms with Gasteiger partial charge in [-0.15, -0.1) is 0 Å². The molecule has 0 radical (unpaired) electrons. The van der Waals surface area contributed by atoms with Crippen LogP contribution in [-0.4, -0.2) is 65.0 Å². The van der Waals surface area contributed by atoms with Crippen LogP contribution in [0.3, 0.4) is 0 Å². The van der Waals surface area contributed by atoms with Gasteiger partial charge in [-0.1, -0.05) is 78.9 Å². The van der Waals surface area contributed by atoms with Gasteiger partial charge < -0.3 is 30.2 Å². The number of pyridine rings is 1. The van der Waals surface area contributed by atoms with Gasteiger partial charge in [0.2, 0.25) is 5.56 Å². The van der Waals surface area contributed by atoms with Crippen LogP contribution in [0.1, 0.15) is 42.1 Å². The number of aliphatic hydroxyl groups is 1. The van der Waals surface area contributed by atoms with Crippen LogP contribution in [-0.2, 0) is 17.6 Å². The largest absolute Gasteiger partial charge is 0.506 e. The van der Waals surface area contributed by atoms with Gasteiger partial charge in [-0.05, 0) is 85.6 Å². The molecule has 1 atom stereocenters. The Hall–Kier alpha value is -4.96. The Balaban J connectivity index is 0.866. The van der Waals surface area contributed by atoms with E-state index in [9.17, 15) is 19.8 Å². The summed E-state index contributed by atoms with van der Waals surface area (Å²) >= 11 is 0.